The Morgan fingerprint density at radius 3 is 2.26 bits per heavy atom. The SMILES string of the molecule is CS(=O)(=O)c1cc2n(c1C(=O)c1ccc(C(F)(F)F)cc1)CCC2C(=O)O. The number of fused-ring (bicyclic) bond motifs is 1. The van der Waals surface area contributed by atoms with Crippen LogP contribution in [-0.4, -0.2) is 36.1 Å². The van der Waals surface area contributed by atoms with Crippen LogP contribution in [0.3, 0.4) is 0 Å². The Balaban J connectivity index is 2.12. The van der Waals surface area contributed by atoms with Gasteiger partial charge in [0.1, 0.15) is 5.69 Å². The molecular formula is C17H14F3NO5S. The molecule has 27 heavy (non-hydrogen) atoms. The Morgan fingerprint density at radius 2 is 1.78 bits per heavy atom. The number of sulfone groups is 1. The van der Waals surface area contributed by atoms with Crippen LogP contribution < -0.4 is 0 Å². The van der Waals surface area contributed by atoms with Crippen molar-refractivity contribution in [3.63, 3.8) is 0 Å². The number of carboxylic acids is 1. The predicted octanol–water partition coefficient (Wildman–Crippen LogP) is 2.71. The highest BCUT2D eigenvalue weighted by molar-refractivity contribution is 7.90. The highest BCUT2D eigenvalue weighted by Gasteiger charge is 2.37. The minimum absolute atomic E-state index is 0.118. The molecule has 2 heterocycles. The maximum absolute atomic E-state index is 12.9. The fraction of sp³-hybridized carbons (Fsp3) is 0.294. The summed E-state index contributed by atoms with van der Waals surface area (Å²) in [6, 6.07) is 4.59. The van der Waals surface area contributed by atoms with Gasteiger partial charge in [-0.05, 0) is 24.6 Å². The van der Waals surface area contributed by atoms with Crippen molar-refractivity contribution in [2.24, 2.45) is 0 Å². The number of carboxylic acid groups (broad SMARTS) is 1. The van der Waals surface area contributed by atoms with Crippen molar-refractivity contribution in [3.05, 3.63) is 52.8 Å². The van der Waals surface area contributed by atoms with Crippen molar-refractivity contribution < 1.29 is 36.3 Å². The quantitative estimate of drug-likeness (QED) is 0.796. The average Bonchev–Trinajstić information content (AvgIpc) is 3.11. The predicted molar refractivity (Wildman–Crippen MR) is 87.4 cm³/mol. The zero-order chi connectivity index (χ0) is 20.1. The molecule has 0 bridgehead atoms. The van der Waals surface area contributed by atoms with Crippen LogP contribution in [0.4, 0.5) is 13.2 Å². The molecule has 0 saturated heterocycles. The molecule has 1 aromatic heterocycles. The van der Waals surface area contributed by atoms with Gasteiger partial charge in [-0.3, -0.25) is 9.59 Å². The summed E-state index contributed by atoms with van der Waals surface area (Å²) in [5, 5.41) is 9.27. The van der Waals surface area contributed by atoms with E-state index in [4.69, 9.17) is 0 Å². The first-order valence-electron chi connectivity index (χ1n) is 7.79. The zero-order valence-corrected chi connectivity index (χ0v) is 14.8. The molecule has 144 valence electrons. The minimum Gasteiger partial charge on any atom is -0.481 e. The number of hydrogen-bond donors (Lipinski definition) is 1. The van der Waals surface area contributed by atoms with E-state index in [1.165, 1.54) is 10.6 Å². The molecule has 0 amide bonds. The van der Waals surface area contributed by atoms with Crippen molar-refractivity contribution in [1.82, 2.24) is 4.57 Å². The van der Waals surface area contributed by atoms with Crippen LogP contribution in [0.1, 0.15) is 39.6 Å². The maximum atomic E-state index is 12.9. The lowest BCUT2D eigenvalue weighted by molar-refractivity contribution is -0.139. The Kier molecular flexibility index (Phi) is 4.41. The number of benzene rings is 1. The first-order valence-corrected chi connectivity index (χ1v) is 9.68. The number of hydrogen-bond acceptors (Lipinski definition) is 4. The Bertz CT molecular complexity index is 1040. The van der Waals surface area contributed by atoms with Gasteiger partial charge in [0.05, 0.1) is 16.4 Å². The molecule has 1 N–H and O–H groups in total. The van der Waals surface area contributed by atoms with Gasteiger partial charge in [0, 0.05) is 24.1 Å². The van der Waals surface area contributed by atoms with Crippen LogP contribution in [0.5, 0.6) is 0 Å². The molecule has 0 aliphatic carbocycles. The largest absolute Gasteiger partial charge is 0.481 e. The number of nitrogens with zero attached hydrogens (tertiary/aromatic N) is 1. The van der Waals surface area contributed by atoms with E-state index in [1.54, 1.807) is 0 Å². The number of halogens is 3. The van der Waals surface area contributed by atoms with Crippen LogP contribution in [0.2, 0.25) is 0 Å². The topological polar surface area (TPSA) is 93.4 Å². The number of rotatable bonds is 4. The smallest absolute Gasteiger partial charge is 0.416 e. The molecule has 1 aliphatic rings. The number of aromatic nitrogens is 1. The number of aliphatic carboxylic acids is 1. The number of carbonyl (C=O) groups excluding carboxylic acids is 1. The summed E-state index contributed by atoms with van der Waals surface area (Å²) in [5.74, 6) is -2.86. The van der Waals surface area contributed by atoms with E-state index in [0.717, 1.165) is 30.5 Å². The molecule has 2 aromatic rings. The molecule has 3 rings (SSSR count). The van der Waals surface area contributed by atoms with Crippen LogP contribution in [0, 0.1) is 0 Å². The number of ketones is 1. The van der Waals surface area contributed by atoms with E-state index in [1.807, 2.05) is 0 Å². The Labute approximate surface area is 152 Å². The normalized spacial score (nSPS) is 17.0. The van der Waals surface area contributed by atoms with E-state index in [0.29, 0.717) is 0 Å². The summed E-state index contributed by atoms with van der Waals surface area (Å²) in [6.07, 6.45) is -3.48. The van der Waals surface area contributed by atoms with Gasteiger partial charge in [-0.15, -0.1) is 0 Å². The van der Waals surface area contributed by atoms with Crippen molar-refractivity contribution in [3.8, 4) is 0 Å². The maximum Gasteiger partial charge on any atom is 0.416 e. The van der Waals surface area contributed by atoms with Gasteiger partial charge in [0.25, 0.3) is 0 Å². The highest BCUT2D eigenvalue weighted by atomic mass is 32.2. The number of alkyl halides is 3. The zero-order valence-electron chi connectivity index (χ0n) is 13.9. The van der Waals surface area contributed by atoms with E-state index in [2.05, 4.69) is 0 Å². The van der Waals surface area contributed by atoms with Gasteiger partial charge in [-0.1, -0.05) is 12.1 Å². The van der Waals surface area contributed by atoms with Crippen LogP contribution in [0.25, 0.3) is 0 Å². The summed E-state index contributed by atoms with van der Waals surface area (Å²) in [5.41, 5.74) is -1.09. The first kappa shape index (κ1) is 19.2. The standard InChI is InChI=1S/C17H14F3NO5S/c1-27(25,26)13-8-12-11(16(23)24)6-7-21(12)14(13)15(22)9-2-4-10(5-3-9)17(18,19)20/h2-5,8,11H,6-7H2,1H3,(H,23,24). The van der Waals surface area contributed by atoms with Crippen LogP contribution in [-0.2, 0) is 27.4 Å². The summed E-state index contributed by atoms with van der Waals surface area (Å²) >= 11 is 0. The van der Waals surface area contributed by atoms with Crippen LogP contribution in [0.15, 0.2) is 35.2 Å². The average molecular weight is 401 g/mol. The van der Waals surface area contributed by atoms with Gasteiger partial charge in [0.15, 0.2) is 9.84 Å². The summed E-state index contributed by atoms with van der Waals surface area (Å²) in [7, 11) is -3.86. The molecule has 6 nitrogen and oxygen atoms in total. The Morgan fingerprint density at radius 1 is 1.19 bits per heavy atom. The molecule has 0 spiro atoms. The molecule has 1 unspecified atom stereocenters. The van der Waals surface area contributed by atoms with Crippen molar-refractivity contribution >= 4 is 21.6 Å². The molecular weight excluding hydrogens is 387 g/mol. The second kappa shape index (κ2) is 6.22. The lowest BCUT2D eigenvalue weighted by Gasteiger charge is -2.10. The third-order valence-electron chi connectivity index (χ3n) is 4.48. The third-order valence-corrected chi connectivity index (χ3v) is 5.59. The van der Waals surface area contributed by atoms with Crippen molar-refractivity contribution in [2.75, 3.05) is 6.26 Å². The highest BCUT2D eigenvalue weighted by Crippen LogP contribution is 2.36. The first-order chi connectivity index (χ1) is 12.4. The van der Waals surface area contributed by atoms with E-state index in [-0.39, 0.29) is 34.8 Å². The molecule has 1 aliphatic heterocycles. The molecule has 1 atom stereocenters. The Hall–Kier alpha value is -2.62. The van der Waals surface area contributed by atoms with Gasteiger partial charge < -0.3 is 9.67 Å². The monoisotopic (exact) mass is 401 g/mol. The third kappa shape index (κ3) is 3.36. The summed E-state index contributed by atoms with van der Waals surface area (Å²) in [6.45, 7) is 0.129. The van der Waals surface area contributed by atoms with Crippen LogP contribution >= 0.6 is 0 Å². The van der Waals surface area contributed by atoms with E-state index >= 15 is 0 Å². The fourth-order valence-electron chi connectivity index (χ4n) is 3.19. The second-order valence-electron chi connectivity index (χ2n) is 6.29. The molecule has 1 aromatic carbocycles. The fourth-order valence-corrected chi connectivity index (χ4v) is 4.08. The lowest BCUT2D eigenvalue weighted by Crippen LogP contribution is -2.14. The lowest BCUT2D eigenvalue weighted by atomic mass is 10.0. The minimum atomic E-state index is -4.56. The molecule has 0 fully saturated rings. The summed E-state index contributed by atoms with van der Waals surface area (Å²) in [4.78, 5) is 23.9. The van der Waals surface area contributed by atoms with Gasteiger partial charge in [-0.2, -0.15) is 13.2 Å². The van der Waals surface area contributed by atoms with Gasteiger partial charge in [-0.25, -0.2) is 8.42 Å². The van der Waals surface area contributed by atoms with Crippen molar-refractivity contribution in [2.45, 2.75) is 30.0 Å². The van der Waals surface area contributed by atoms with Gasteiger partial charge in [0.2, 0.25) is 5.78 Å². The molecule has 10 heteroatoms. The summed E-state index contributed by atoms with van der Waals surface area (Å²) < 4.78 is 63.6. The van der Waals surface area contributed by atoms with Gasteiger partial charge >= 0.3 is 12.1 Å². The van der Waals surface area contributed by atoms with Crippen molar-refractivity contribution in [1.29, 1.82) is 0 Å². The second-order valence-corrected chi connectivity index (χ2v) is 8.27. The number of carbonyl (C=O) groups is 2. The molecule has 0 saturated carbocycles. The van der Waals surface area contributed by atoms with E-state index in [9.17, 15) is 36.3 Å². The van der Waals surface area contributed by atoms with E-state index < -0.39 is 39.2 Å². The molecule has 0 radical (unpaired) electrons.